The number of oxime groups is 1. The fourth-order valence-corrected chi connectivity index (χ4v) is 1.23. The maximum atomic E-state index is 8.43. The molecule has 0 bridgehead atoms. The van der Waals surface area contributed by atoms with E-state index in [1.165, 1.54) is 0 Å². The summed E-state index contributed by atoms with van der Waals surface area (Å²) in [5.74, 6) is 0.0185. The molecule has 0 radical (unpaired) electrons. The van der Waals surface area contributed by atoms with E-state index in [-0.39, 0.29) is 5.84 Å². The molecule has 4 nitrogen and oxygen atoms in total. The van der Waals surface area contributed by atoms with Crippen molar-refractivity contribution in [3.05, 3.63) is 28.3 Å². The van der Waals surface area contributed by atoms with Crippen molar-refractivity contribution in [2.45, 2.75) is 6.92 Å². The monoisotopic (exact) mass is 199 g/mol. The molecule has 1 aromatic rings. The van der Waals surface area contributed by atoms with Crippen LogP contribution in [0.1, 0.15) is 11.1 Å². The largest absolute Gasteiger partial charge is 0.409 e. The van der Waals surface area contributed by atoms with Gasteiger partial charge in [0.25, 0.3) is 0 Å². The fourth-order valence-electron chi connectivity index (χ4n) is 0.961. The predicted octanol–water partition coefficient (Wildman–Crippen LogP) is 1.33. The second-order valence-electron chi connectivity index (χ2n) is 2.67. The van der Waals surface area contributed by atoms with E-state index in [1.807, 2.05) is 0 Å². The molecular weight excluding hydrogens is 190 g/mol. The Morgan fingerprint density at radius 3 is 2.62 bits per heavy atom. The van der Waals surface area contributed by atoms with Gasteiger partial charge in [0, 0.05) is 5.56 Å². The Morgan fingerprint density at radius 2 is 2.15 bits per heavy atom. The van der Waals surface area contributed by atoms with Crippen LogP contribution in [-0.2, 0) is 0 Å². The average Bonchev–Trinajstić information content (AvgIpc) is 2.12. The maximum absolute atomic E-state index is 8.43. The molecule has 0 heterocycles. The standard InChI is InChI=1S/C8H10ClN3O/c1-4-2-5(8(11)12-13)3-6(9)7(4)10/h2-3,13H,10H2,1H3,(H2,11,12). The topological polar surface area (TPSA) is 84.6 Å². The predicted molar refractivity (Wildman–Crippen MR) is 53.1 cm³/mol. The molecule has 13 heavy (non-hydrogen) atoms. The van der Waals surface area contributed by atoms with Gasteiger partial charge in [0.1, 0.15) is 0 Å². The van der Waals surface area contributed by atoms with Crippen molar-refractivity contribution >= 4 is 23.1 Å². The summed E-state index contributed by atoms with van der Waals surface area (Å²) in [4.78, 5) is 0. The number of anilines is 1. The van der Waals surface area contributed by atoms with Gasteiger partial charge in [-0.1, -0.05) is 16.8 Å². The van der Waals surface area contributed by atoms with E-state index < -0.39 is 0 Å². The van der Waals surface area contributed by atoms with Crippen LogP contribution in [0.25, 0.3) is 0 Å². The van der Waals surface area contributed by atoms with Gasteiger partial charge in [-0.3, -0.25) is 0 Å². The lowest BCUT2D eigenvalue weighted by atomic mass is 10.1. The molecule has 0 spiro atoms. The van der Waals surface area contributed by atoms with Crippen LogP contribution >= 0.6 is 11.6 Å². The Balaban J connectivity index is 3.29. The Kier molecular flexibility index (Phi) is 2.63. The maximum Gasteiger partial charge on any atom is 0.170 e. The molecule has 5 N–H and O–H groups in total. The Morgan fingerprint density at radius 1 is 1.54 bits per heavy atom. The van der Waals surface area contributed by atoms with E-state index >= 15 is 0 Å². The highest BCUT2D eigenvalue weighted by atomic mass is 35.5. The summed E-state index contributed by atoms with van der Waals surface area (Å²) in [6.07, 6.45) is 0. The molecule has 0 aromatic heterocycles. The molecule has 0 fully saturated rings. The van der Waals surface area contributed by atoms with E-state index in [2.05, 4.69) is 5.16 Å². The molecule has 0 atom stereocenters. The number of nitrogens with zero attached hydrogens (tertiary/aromatic N) is 1. The quantitative estimate of drug-likeness (QED) is 0.210. The molecule has 0 saturated heterocycles. The number of nitrogen functional groups attached to an aromatic ring is 1. The minimum Gasteiger partial charge on any atom is -0.409 e. The second-order valence-corrected chi connectivity index (χ2v) is 3.08. The fraction of sp³-hybridized carbons (Fsp3) is 0.125. The number of aryl methyl sites for hydroxylation is 1. The normalized spacial score (nSPS) is 11.7. The Hall–Kier alpha value is -1.42. The van der Waals surface area contributed by atoms with Crippen molar-refractivity contribution < 1.29 is 5.21 Å². The van der Waals surface area contributed by atoms with Crippen molar-refractivity contribution in [1.29, 1.82) is 0 Å². The number of amidine groups is 1. The van der Waals surface area contributed by atoms with Crippen LogP contribution in [0.3, 0.4) is 0 Å². The van der Waals surface area contributed by atoms with Gasteiger partial charge >= 0.3 is 0 Å². The molecular formula is C8H10ClN3O. The lowest BCUT2D eigenvalue weighted by Gasteiger charge is -2.05. The third-order valence-corrected chi connectivity index (χ3v) is 2.05. The highest BCUT2D eigenvalue weighted by molar-refractivity contribution is 6.33. The minimum atomic E-state index is 0.0185. The summed E-state index contributed by atoms with van der Waals surface area (Å²) in [7, 11) is 0. The first-order valence-electron chi connectivity index (χ1n) is 3.59. The van der Waals surface area contributed by atoms with Gasteiger partial charge in [-0.05, 0) is 24.6 Å². The first-order chi connectivity index (χ1) is 6.06. The number of hydrogen-bond acceptors (Lipinski definition) is 3. The van der Waals surface area contributed by atoms with Crippen molar-refractivity contribution in [3.63, 3.8) is 0 Å². The smallest absolute Gasteiger partial charge is 0.170 e. The average molecular weight is 200 g/mol. The first-order valence-corrected chi connectivity index (χ1v) is 3.97. The summed E-state index contributed by atoms with van der Waals surface area (Å²) < 4.78 is 0. The van der Waals surface area contributed by atoms with Crippen LogP contribution in [-0.4, -0.2) is 11.0 Å². The highest BCUT2D eigenvalue weighted by Crippen LogP contribution is 2.23. The van der Waals surface area contributed by atoms with Crippen LogP contribution in [0.2, 0.25) is 5.02 Å². The third-order valence-electron chi connectivity index (χ3n) is 1.74. The van der Waals surface area contributed by atoms with Crippen LogP contribution in [0.15, 0.2) is 17.3 Å². The molecule has 0 unspecified atom stereocenters. The first kappa shape index (κ1) is 9.67. The Labute approximate surface area is 80.8 Å². The van der Waals surface area contributed by atoms with Gasteiger partial charge in [-0.15, -0.1) is 0 Å². The van der Waals surface area contributed by atoms with Crippen molar-refractivity contribution in [2.75, 3.05) is 5.73 Å². The van der Waals surface area contributed by atoms with Gasteiger partial charge in [-0.25, -0.2) is 0 Å². The van der Waals surface area contributed by atoms with E-state index in [0.29, 0.717) is 16.3 Å². The lowest BCUT2D eigenvalue weighted by Crippen LogP contribution is -2.13. The SMILES string of the molecule is Cc1cc(/C(N)=N/O)cc(Cl)c1N. The van der Waals surface area contributed by atoms with Crippen molar-refractivity contribution in [2.24, 2.45) is 10.9 Å². The number of benzene rings is 1. The van der Waals surface area contributed by atoms with Crippen LogP contribution in [0, 0.1) is 6.92 Å². The van der Waals surface area contributed by atoms with E-state index in [0.717, 1.165) is 5.56 Å². The van der Waals surface area contributed by atoms with Crippen LogP contribution in [0.5, 0.6) is 0 Å². The van der Waals surface area contributed by atoms with Crippen LogP contribution in [0.4, 0.5) is 5.69 Å². The highest BCUT2D eigenvalue weighted by Gasteiger charge is 2.05. The van der Waals surface area contributed by atoms with E-state index in [4.69, 9.17) is 28.3 Å². The third kappa shape index (κ3) is 1.84. The molecule has 0 aliphatic carbocycles. The molecule has 0 aliphatic rings. The van der Waals surface area contributed by atoms with E-state index in [1.54, 1.807) is 19.1 Å². The molecule has 0 aliphatic heterocycles. The summed E-state index contributed by atoms with van der Waals surface area (Å²) in [5.41, 5.74) is 12.9. The van der Waals surface area contributed by atoms with Gasteiger partial charge in [0.2, 0.25) is 0 Å². The number of nitrogens with two attached hydrogens (primary N) is 2. The summed E-state index contributed by atoms with van der Waals surface area (Å²) in [6, 6.07) is 3.26. The van der Waals surface area contributed by atoms with Crippen molar-refractivity contribution in [3.8, 4) is 0 Å². The lowest BCUT2D eigenvalue weighted by molar-refractivity contribution is 0.318. The van der Waals surface area contributed by atoms with Crippen molar-refractivity contribution in [1.82, 2.24) is 0 Å². The van der Waals surface area contributed by atoms with Gasteiger partial charge in [-0.2, -0.15) is 0 Å². The van der Waals surface area contributed by atoms with Gasteiger partial charge in [0.15, 0.2) is 5.84 Å². The Bertz CT molecular complexity index is 339. The second kappa shape index (κ2) is 3.53. The molecule has 0 amide bonds. The zero-order valence-electron chi connectivity index (χ0n) is 7.08. The minimum absolute atomic E-state index is 0.0185. The summed E-state index contributed by atoms with van der Waals surface area (Å²) in [5, 5.41) is 11.7. The van der Waals surface area contributed by atoms with Gasteiger partial charge in [0.05, 0.1) is 10.7 Å². The summed E-state index contributed by atoms with van der Waals surface area (Å²) in [6.45, 7) is 1.80. The number of rotatable bonds is 1. The molecule has 1 rings (SSSR count). The summed E-state index contributed by atoms with van der Waals surface area (Å²) >= 11 is 5.80. The van der Waals surface area contributed by atoms with E-state index in [9.17, 15) is 0 Å². The number of hydrogen-bond donors (Lipinski definition) is 3. The zero-order chi connectivity index (χ0) is 10.0. The molecule has 1 aromatic carbocycles. The van der Waals surface area contributed by atoms with Crippen LogP contribution < -0.4 is 11.5 Å². The van der Waals surface area contributed by atoms with Gasteiger partial charge < -0.3 is 16.7 Å². The molecule has 70 valence electrons. The zero-order valence-corrected chi connectivity index (χ0v) is 7.84. The number of halogens is 1. The molecule has 0 saturated carbocycles. The molecule has 5 heteroatoms.